The van der Waals surface area contributed by atoms with Crippen molar-refractivity contribution in [3.63, 3.8) is 0 Å². The van der Waals surface area contributed by atoms with Crippen molar-refractivity contribution in [3.8, 4) is 0 Å². The van der Waals surface area contributed by atoms with Crippen molar-refractivity contribution in [3.05, 3.63) is 65.4 Å². The van der Waals surface area contributed by atoms with Crippen molar-refractivity contribution >= 4 is 55.7 Å². The van der Waals surface area contributed by atoms with E-state index in [2.05, 4.69) is 16.0 Å². The van der Waals surface area contributed by atoms with Gasteiger partial charge in [-0.05, 0) is 66.9 Å². The zero-order valence-electron chi connectivity index (χ0n) is 25.8. The number of nitrogens with two attached hydrogens (primary N) is 1. The number of fused-ring (bicyclic) bond motifs is 1. The molecule has 19 heteroatoms. The van der Waals surface area contributed by atoms with Gasteiger partial charge in [0.2, 0.25) is 5.91 Å². The topological polar surface area (TPSA) is 171 Å². The second kappa shape index (κ2) is 17.5. The van der Waals surface area contributed by atoms with Gasteiger partial charge in [0.25, 0.3) is 0 Å². The van der Waals surface area contributed by atoms with Gasteiger partial charge in [0, 0.05) is 61.2 Å². The van der Waals surface area contributed by atoms with E-state index >= 15 is 0 Å². The van der Waals surface area contributed by atoms with Crippen LogP contribution in [0.4, 0.5) is 32.0 Å². The van der Waals surface area contributed by atoms with Crippen LogP contribution in [0.1, 0.15) is 25.0 Å². The average Bonchev–Trinajstić information content (AvgIpc) is 3.02. The molecule has 1 amide bonds. The Morgan fingerprint density at radius 1 is 0.939 bits per heavy atom. The Bertz CT molecular complexity index is 1690. The number of alkyl halides is 6. The van der Waals surface area contributed by atoms with Crippen molar-refractivity contribution in [2.24, 2.45) is 5.73 Å². The van der Waals surface area contributed by atoms with Crippen LogP contribution >= 0.6 is 11.6 Å². The molecule has 0 spiro atoms. The van der Waals surface area contributed by atoms with Crippen molar-refractivity contribution in [1.29, 1.82) is 0 Å². The third-order valence-electron chi connectivity index (χ3n) is 7.04. The van der Waals surface area contributed by atoms with E-state index in [1.54, 1.807) is 41.3 Å². The Hall–Kier alpha value is -4.16. The number of halogens is 7. The minimum absolute atomic E-state index is 0.0540. The number of carbonyl (C=O) groups excluding carboxylic acids is 1. The van der Waals surface area contributed by atoms with Crippen LogP contribution in [0.3, 0.4) is 0 Å². The van der Waals surface area contributed by atoms with Gasteiger partial charge in [0.05, 0.1) is 10.6 Å². The summed E-state index contributed by atoms with van der Waals surface area (Å²) >= 11 is 6.02. The molecule has 0 unspecified atom stereocenters. The fourth-order valence-corrected chi connectivity index (χ4v) is 6.13. The summed E-state index contributed by atoms with van der Waals surface area (Å²) in [5, 5.41) is 16.5. The average molecular weight is 743 g/mol. The van der Waals surface area contributed by atoms with Gasteiger partial charge < -0.3 is 25.7 Å². The molecule has 1 aliphatic heterocycles. The number of carboxylic acids is 2. The van der Waals surface area contributed by atoms with Crippen molar-refractivity contribution in [2.75, 3.05) is 36.8 Å². The first-order valence-electron chi connectivity index (χ1n) is 14.3. The minimum atomic E-state index is -5.08. The number of benzene rings is 2. The van der Waals surface area contributed by atoms with Gasteiger partial charge in [-0.15, -0.1) is 0 Å². The number of anilines is 1. The number of aliphatic carboxylic acids is 2. The first-order valence-corrected chi connectivity index (χ1v) is 16.4. The predicted octanol–water partition coefficient (Wildman–Crippen LogP) is 5.08. The molecule has 0 aliphatic carbocycles. The molecule has 3 aromatic rings. The molecule has 4 N–H and O–H groups in total. The van der Waals surface area contributed by atoms with Crippen LogP contribution in [0.25, 0.3) is 10.8 Å². The molecule has 270 valence electrons. The minimum Gasteiger partial charge on any atom is -0.475 e. The summed E-state index contributed by atoms with van der Waals surface area (Å²) in [5.74, 6) is -5.91. The maximum absolute atomic E-state index is 13.1. The van der Waals surface area contributed by atoms with Gasteiger partial charge in [-0.25, -0.2) is 18.0 Å². The molecule has 1 aliphatic rings. The molecular weight excluding hydrogens is 710 g/mol. The lowest BCUT2D eigenvalue weighted by atomic mass is 10.0. The van der Waals surface area contributed by atoms with Gasteiger partial charge in [0.1, 0.15) is 0 Å². The van der Waals surface area contributed by atoms with Crippen LogP contribution in [0.2, 0.25) is 5.02 Å². The number of hydrogen-bond donors (Lipinski definition) is 3. The SMILES string of the molecule is Cc1cc(N2CCC(N(CCN)C(=O)CCS(=O)(=O)c3ccc4cc(Cl)ccc4c3)CC2)ccn1.O=C(O)C(F)(F)F.O=C(O)C(F)(F)F. The van der Waals surface area contributed by atoms with E-state index in [0.29, 0.717) is 18.1 Å². The third-order valence-corrected chi connectivity index (χ3v) is 8.99. The number of carboxylic acid groups (broad SMARTS) is 2. The number of pyridine rings is 1. The van der Waals surface area contributed by atoms with E-state index in [4.69, 9.17) is 37.1 Å². The van der Waals surface area contributed by atoms with Gasteiger partial charge in [0.15, 0.2) is 9.84 Å². The number of aromatic nitrogens is 1. The van der Waals surface area contributed by atoms with Gasteiger partial charge in [-0.3, -0.25) is 9.78 Å². The molecule has 1 fully saturated rings. The Labute approximate surface area is 282 Å². The quantitative estimate of drug-likeness (QED) is 0.265. The molecular formula is C30H33ClF6N4O7S. The molecule has 11 nitrogen and oxygen atoms in total. The maximum atomic E-state index is 13.1. The van der Waals surface area contributed by atoms with E-state index in [1.807, 2.05) is 19.2 Å². The van der Waals surface area contributed by atoms with Gasteiger partial charge >= 0.3 is 24.3 Å². The van der Waals surface area contributed by atoms with E-state index in [1.165, 1.54) is 0 Å². The Balaban J connectivity index is 0.000000500. The summed E-state index contributed by atoms with van der Waals surface area (Å²) in [6.07, 6.45) is -6.79. The molecule has 2 aromatic carbocycles. The predicted molar refractivity (Wildman–Crippen MR) is 168 cm³/mol. The zero-order valence-corrected chi connectivity index (χ0v) is 27.4. The van der Waals surface area contributed by atoms with Crippen LogP contribution in [-0.2, 0) is 24.2 Å². The van der Waals surface area contributed by atoms with Crippen LogP contribution < -0.4 is 10.6 Å². The van der Waals surface area contributed by atoms with Crippen LogP contribution in [-0.4, -0.2) is 96.7 Å². The second-order valence-electron chi connectivity index (χ2n) is 10.6. The number of rotatable bonds is 8. The molecule has 1 saturated heterocycles. The van der Waals surface area contributed by atoms with E-state index in [0.717, 1.165) is 48.1 Å². The fourth-order valence-electron chi connectivity index (χ4n) is 4.68. The van der Waals surface area contributed by atoms with Crippen molar-refractivity contribution in [2.45, 2.75) is 49.5 Å². The molecule has 0 radical (unpaired) electrons. The number of carbonyl (C=O) groups is 3. The standard InChI is InChI=1S/C26H31ClN4O3S.2C2HF3O2/c1-19-16-24(6-11-29-19)30-12-7-23(8-13-30)31(14-10-28)26(32)9-15-35(33,34)25-5-3-20-17-22(27)4-2-21(20)18-25;2*3-2(4,5)1(6)7/h2-6,11,16-18,23H,7-10,12-15,28H2,1H3;2*(H,6,7). The summed E-state index contributed by atoms with van der Waals surface area (Å²) in [4.78, 5) is 39.5. The maximum Gasteiger partial charge on any atom is 0.490 e. The highest BCUT2D eigenvalue weighted by Crippen LogP contribution is 2.26. The summed E-state index contributed by atoms with van der Waals surface area (Å²) in [5.41, 5.74) is 7.92. The lowest BCUT2D eigenvalue weighted by Gasteiger charge is -2.39. The third kappa shape index (κ3) is 13.0. The monoisotopic (exact) mass is 742 g/mol. The van der Waals surface area contributed by atoms with Crippen LogP contribution in [0, 0.1) is 6.92 Å². The van der Waals surface area contributed by atoms with Gasteiger partial charge in [-0.2, -0.15) is 26.3 Å². The fraction of sp³-hybridized carbons (Fsp3) is 0.400. The summed E-state index contributed by atoms with van der Waals surface area (Å²) in [6, 6.07) is 14.4. The van der Waals surface area contributed by atoms with Gasteiger partial charge in [-0.1, -0.05) is 23.7 Å². The second-order valence-corrected chi connectivity index (χ2v) is 13.1. The van der Waals surface area contributed by atoms with Crippen LogP contribution in [0.5, 0.6) is 0 Å². The first-order chi connectivity index (χ1) is 22.6. The first kappa shape index (κ1) is 41.0. The molecule has 0 bridgehead atoms. The number of sulfone groups is 1. The lowest BCUT2D eigenvalue weighted by molar-refractivity contribution is -0.193. The van der Waals surface area contributed by atoms with E-state index in [9.17, 15) is 39.6 Å². The Kier molecular flexibility index (Phi) is 14.6. The zero-order chi connectivity index (χ0) is 37.2. The molecule has 4 rings (SSSR count). The Morgan fingerprint density at radius 2 is 1.47 bits per heavy atom. The molecule has 1 aromatic heterocycles. The number of amides is 1. The highest BCUT2D eigenvalue weighted by atomic mass is 35.5. The summed E-state index contributed by atoms with van der Waals surface area (Å²) in [6.45, 7) is 4.38. The highest BCUT2D eigenvalue weighted by molar-refractivity contribution is 7.91. The summed E-state index contributed by atoms with van der Waals surface area (Å²) < 4.78 is 89.5. The molecule has 0 saturated carbocycles. The number of aryl methyl sites for hydroxylation is 1. The normalized spacial score (nSPS) is 13.9. The smallest absolute Gasteiger partial charge is 0.475 e. The van der Waals surface area contributed by atoms with E-state index < -0.39 is 34.1 Å². The molecule has 0 atom stereocenters. The number of hydrogen-bond acceptors (Lipinski definition) is 8. The number of nitrogens with zero attached hydrogens (tertiary/aromatic N) is 3. The van der Waals surface area contributed by atoms with Crippen molar-refractivity contribution in [1.82, 2.24) is 9.88 Å². The Morgan fingerprint density at radius 3 is 1.98 bits per heavy atom. The molecule has 2 heterocycles. The largest absolute Gasteiger partial charge is 0.490 e. The van der Waals surface area contributed by atoms with Crippen LogP contribution in [0.15, 0.2) is 59.6 Å². The lowest BCUT2D eigenvalue weighted by Crippen LogP contribution is -2.49. The van der Waals surface area contributed by atoms with Crippen molar-refractivity contribution < 1.29 is 59.4 Å². The molecule has 49 heavy (non-hydrogen) atoms. The summed E-state index contributed by atoms with van der Waals surface area (Å²) in [7, 11) is -3.61. The highest BCUT2D eigenvalue weighted by Gasteiger charge is 2.39. The number of piperidine rings is 1. The van der Waals surface area contributed by atoms with E-state index in [-0.39, 0.29) is 29.0 Å².